The first-order chi connectivity index (χ1) is 12.6. The van der Waals surface area contributed by atoms with Crippen molar-refractivity contribution in [2.75, 3.05) is 10.6 Å². The largest absolute Gasteiger partial charge is 0.351 e. The lowest BCUT2D eigenvalue weighted by atomic mass is 9.92. The molecule has 0 atom stereocenters. The van der Waals surface area contributed by atoms with E-state index in [1.165, 1.54) is 0 Å². The first kappa shape index (κ1) is 17.3. The van der Waals surface area contributed by atoms with Crippen molar-refractivity contribution < 1.29 is 0 Å². The molecule has 2 heterocycles. The average Bonchev–Trinajstić information content (AvgIpc) is 3.09. The normalized spacial score (nSPS) is 20.3. The molecule has 1 saturated carbocycles. The Kier molecular flexibility index (Phi) is 4.84. The standard InChI is InChI=1S/C17H19Cl2N7/c18-12-6-5-11(7-13(12)19)23-16-14-15(22-8-21-14)25-17(26-16)24-10-3-1-9(20)2-4-10/h5-10H,1-4,20H2,(H3,21,22,23,24,25,26). The first-order valence-corrected chi connectivity index (χ1v) is 9.29. The quantitative estimate of drug-likeness (QED) is 0.533. The highest BCUT2D eigenvalue weighted by molar-refractivity contribution is 6.42. The van der Waals surface area contributed by atoms with Crippen LogP contribution in [0.5, 0.6) is 0 Å². The number of nitrogens with zero attached hydrogens (tertiary/aromatic N) is 3. The number of nitrogens with one attached hydrogen (secondary N) is 3. The van der Waals surface area contributed by atoms with Gasteiger partial charge in [0.25, 0.3) is 0 Å². The minimum Gasteiger partial charge on any atom is -0.351 e. The highest BCUT2D eigenvalue weighted by Gasteiger charge is 2.20. The lowest BCUT2D eigenvalue weighted by Crippen LogP contribution is -2.33. The van der Waals surface area contributed by atoms with Crippen molar-refractivity contribution in [3.63, 3.8) is 0 Å². The molecule has 0 aliphatic heterocycles. The second-order valence-electron chi connectivity index (χ2n) is 6.51. The maximum atomic E-state index is 6.10. The Bertz CT molecular complexity index is 919. The number of halogens is 2. The Morgan fingerprint density at radius 2 is 1.88 bits per heavy atom. The van der Waals surface area contributed by atoms with E-state index >= 15 is 0 Å². The van der Waals surface area contributed by atoms with Crippen LogP contribution in [0.1, 0.15) is 25.7 Å². The second-order valence-corrected chi connectivity index (χ2v) is 7.32. The number of hydrogen-bond acceptors (Lipinski definition) is 6. The molecule has 7 nitrogen and oxygen atoms in total. The van der Waals surface area contributed by atoms with E-state index in [-0.39, 0.29) is 0 Å². The highest BCUT2D eigenvalue weighted by Crippen LogP contribution is 2.29. The van der Waals surface area contributed by atoms with E-state index in [9.17, 15) is 0 Å². The number of imidazole rings is 1. The van der Waals surface area contributed by atoms with Gasteiger partial charge in [0, 0.05) is 17.8 Å². The number of anilines is 3. The fourth-order valence-corrected chi connectivity index (χ4v) is 3.44. The lowest BCUT2D eigenvalue weighted by molar-refractivity contribution is 0.410. The van der Waals surface area contributed by atoms with Gasteiger partial charge >= 0.3 is 0 Å². The van der Waals surface area contributed by atoms with Crippen LogP contribution in [0.4, 0.5) is 17.5 Å². The second kappa shape index (κ2) is 7.26. The molecule has 0 unspecified atom stereocenters. The number of benzene rings is 1. The summed E-state index contributed by atoms with van der Waals surface area (Å²) >= 11 is 12.1. The molecule has 9 heteroatoms. The maximum absolute atomic E-state index is 6.10. The number of aromatic amines is 1. The van der Waals surface area contributed by atoms with E-state index < -0.39 is 0 Å². The summed E-state index contributed by atoms with van der Waals surface area (Å²) < 4.78 is 0. The van der Waals surface area contributed by atoms with Gasteiger partial charge in [0.15, 0.2) is 11.5 Å². The fourth-order valence-electron chi connectivity index (χ4n) is 3.14. The molecule has 1 aromatic carbocycles. The van der Waals surface area contributed by atoms with Gasteiger partial charge < -0.3 is 21.4 Å². The molecule has 0 spiro atoms. The molecule has 0 bridgehead atoms. The fraction of sp³-hybridized carbons (Fsp3) is 0.353. The molecule has 136 valence electrons. The summed E-state index contributed by atoms with van der Waals surface area (Å²) in [6.45, 7) is 0. The number of H-pyrrole nitrogens is 1. The van der Waals surface area contributed by atoms with Crippen LogP contribution in [-0.4, -0.2) is 32.0 Å². The molecule has 26 heavy (non-hydrogen) atoms. The Hall–Kier alpha value is -2.09. The van der Waals surface area contributed by atoms with Crippen LogP contribution in [0.3, 0.4) is 0 Å². The van der Waals surface area contributed by atoms with Crippen LogP contribution >= 0.6 is 23.2 Å². The molecule has 1 aliphatic rings. The Morgan fingerprint density at radius 1 is 1.08 bits per heavy atom. The summed E-state index contributed by atoms with van der Waals surface area (Å²) in [5, 5.41) is 7.65. The first-order valence-electron chi connectivity index (χ1n) is 8.54. The molecule has 5 N–H and O–H groups in total. The predicted molar refractivity (Wildman–Crippen MR) is 105 cm³/mol. The minimum absolute atomic E-state index is 0.301. The minimum atomic E-state index is 0.301. The number of fused-ring (bicyclic) bond motifs is 1. The number of aromatic nitrogens is 4. The number of nitrogens with two attached hydrogens (primary N) is 1. The molecule has 3 aromatic rings. The summed E-state index contributed by atoms with van der Waals surface area (Å²) in [6, 6.07) is 5.96. The van der Waals surface area contributed by atoms with Crippen molar-refractivity contribution >= 4 is 51.8 Å². The summed E-state index contributed by atoms with van der Waals surface area (Å²) in [4.78, 5) is 16.5. The van der Waals surface area contributed by atoms with Gasteiger partial charge in [-0.3, -0.25) is 0 Å². The summed E-state index contributed by atoms with van der Waals surface area (Å²) in [5.41, 5.74) is 8.09. The third-order valence-corrected chi connectivity index (χ3v) is 5.31. The van der Waals surface area contributed by atoms with Gasteiger partial charge in [-0.25, -0.2) is 4.98 Å². The van der Waals surface area contributed by atoms with Gasteiger partial charge in [-0.15, -0.1) is 0 Å². The van der Waals surface area contributed by atoms with Crippen LogP contribution in [0, 0.1) is 0 Å². The third kappa shape index (κ3) is 3.70. The Morgan fingerprint density at radius 3 is 2.65 bits per heavy atom. The van der Waals surface area contributed by atoms with Gasteiger partial charge in [0.1, 0.15) is 5.52 Å². The van der Waals surface area contributed by atoms with E-state index in [0.717, 1.165) is 36.9 Å². The molecule has 4 rings (SSSR count). The van der Waals surface area contributed by atoms with Crippen molar-refractivity contribution in [1.82, 2.24) is 19.9 Å². The van der Waals surface area contributed by atoms with E-state index in [1.54, 1.807) is 18.5 Å². The van der Waals surface area contributed by atoms with E-state index in [4.69, 9.17) is 28.9 Å². The van der Waals surface area contributed by atoms with Gasteiger partial charge in [0.05, 0.1) is 16.4 Å². The van der Waals surface area contributed by atoms with Crippen LogP contribution < -0.4 is 16.4 Å². The number of rotatable bonds is 4. The van der Waals surface area contributed by atoms with E-state index in [1.807, 2.05) is 6.07 Å². The van der Waals surface area contributed by atoms with Crippen LogP contribution in [0.2, 0.25) is 10.0 Å². The zero-order valence-corrected chi connectivity index (χ0v) is 15.5. The van der Waals surface area contributed by atoms with Crippen molar-refractivity contribution in [3.8, 4) is 0 Å². The zero-order valence-electron chi connectivity index (χ0n) is 14.0. The number of hydrogen-bond donors (Lipinski definition) is 4. The van der Waals surface area contributed by atoms with Crippen molar-refractivity contribution in [1.29, 1.82) is 0 Å². The highest BCUT2D eigenvalue weighted by atomic mass is 35.5. The summed E-state index contributed by atoms with van der Waals surface area (Å²) in [6.07, 6.45) is 5.65. The Balaban J connectivity index is 1.61. The van der Waals surface area contributed by atoms with Gasteiger partial charge in [-0.2, -0.15) is 9.97 Å². The SMILES string of the molecule is NC1CCC(Nc2nc(Nc3ccc(Cl)c(Cl)c3)c3[nH]cnc3n2)CC1. The molecular weight excluding hydrogens is 373 g/mol. The lowest BCUT2D eigenvalue weighted by Gasteiger charge is -2.26. The summed E-state index contributed by atoms with van der Waals surface area (Å²) in [7, 11) is 0. The van der Waals surface area contributed by atoms with Crippen LogP contribution in [-0.2, 0) is 0 Å². The molecule has 0 radical (unpaired) electrons. The molecule has 0 saturated heterocycles. The van der Waals surface area contributed by atoms with E-state index in [0.29, 0.717) is 39.5 Å². The topological polar surface area (TPSA) is 105 Å². The molecule has 1 aliphatic carbocycles. The molecule has 1 fully saturated rings. The molecular formula is C17H19Cl2N7. The molecule has 0 amide bonds. The van der Waals surface area contributed by atoms with Crippen molar-refractivity contribution in [3.05, 3.63) is 34.6 Å². The predicted octanol–water partition coefficient (Wildman–Crippen LogP) is 4.09. The smallest absolute Gasteiger partial charge is 0.227 e. The maximum Gasteiger partial charge on any atom is 0.227 e. The van der Waals surface area contributed by atoms with Gasteiger partial charge in [0.2, 0.25) is 5.95 Å². The van der Waals surface area contributed by atoms with Gasteiger partial charge in [-0.05, 0) is 43.9 Å². The van der Waals surface area contributed by atoms with Crippen LogP contribution in [0.25, 0.3) is 11.2 Å². The van der Waals surface area contributed by atoms with Crippen molar-refractivity contribution in [2.24, 2.45) is 5.73 Å². The zero-order chi connectivity index (χ0) is 18.1. The van der Waals surface area contributed by atoms with Crippen molar-refractivity contribution in [2.45, 2.75) is 37.8 Å². The summed E-state index contributed by atoms with van der Waals surface area (Å²) in [5.74, 6) is 1.17. The Labute approximate surface area is 160 Å². The third-order valence-electron chi connectivity index (χ3n) is 4.57. The van der Waals surface area contributed by atoms with Gasteiger partial charge in [-0.1, -0.05) is 23.2 Å². The van der Waals surface area contributed by atoms with E-state index in [2.05, 4.69) is 30.6 Å². The van der Waals surface area contributed by atoms with Crippen LogP contribution in [0.15, 0.2) is 24.5 Å². The molecule has 2 aromatic heterocycles. The average molecular weight is 392 g/mol. The monoisotopic (exact) mass is 391 g/mol.